The molecule has 1 N–H and O–H groups in total. The van der Waals surface area contributed by atoms with Gasteiger partial charge in [0.1, 0.15) is 28.8 Å². The summed E-state index contributed by atoms with van der Waals surface area (Å²) in [6.07, 6.45) is 0.307. The molecule has 1 fully saturated rings. The van der Waals surface area contributed by atoms with Crippen molar-refractivity contribution in [2.24, 2.45) is 0 Å². The summed E-state index contributed by atoms with van der Waals surface area (Å²) in [7, 11) is 4.64. The predicted molar refractivity (Wildman–Crippen MR) is 121 cm³/mol. The van der Waals surface area contributed by atoms with Crippen LogP contribution in [0.3, 0.4) is 0 Å². The van der Waals surface area contributed by atoms with E-state index in [1.165, 1.54) is 12.1 Å². The van der Waals surface area contributed by atoms with Crippen LogP contribution >= 0.6 is 0 Å². The van der Waals surface area contributed by atoms with Gasteiger partial charge < -0.3 is 28.3 Å². The van der Waals surface area contributed by atoms with Gasteiger partial charge in [-0.2, -0.15) is 14.4 Å². The van der Waals surface area contributed by atoms with Crippen molar-refractivity contribution in [2.45, 2.75) is 6.42 Å². The SMILES string of the molecule is COc1cc(OC)c(Cc2ccc(C(=O)Nc3nc(F)cc(N4CCOCC4)n3)o2)c(OC)c1. The summed E-state index contributed by atoms with van der Waals surface area (Å²) in [4.78, 5) is 22.5. The molecule has 1 amide bonds. The molecule has 0 bridgehead atoms. The molecule has 1 aliphatic rings. The van der Waals surface area contributed by atoms with E-state index in [-0.39, 0.29) is 11.7 Å². The summed E-state index contributed by atoms with van der Waals surface area (Å²) in [5, 5.41) is 2.50. The van der Waals surface area contributed by atoms with Gasteiger partial charge in [0.25, 0.3) is 5.91 Å². The molecule has 34 heavy (non-hydrogen) atoms. The molecule has 11 heteroatoms. The first-order chi connectivity index (χ1) is 16.5. The highest BCUT2D eigenvalue weighted by Crippen LogP contribution is 2.36. The maximum atomic E-state index is 14.1. The largest absolute Gasteiger partial charge is 0.496 e. The standard InChI is InChI=1S/C23H25FN4O6/c1-30-15-11-18(31-2)16(19(12-15)32-3)10-14-4-5-17(34-14)22(29)27-23-25-20(24)13-21(26-23)28-6-8-33-9-7-28/h4-5,11-13H,6-10H2,1-3H3,(H,25,26,27,29). The number of carbonyl (C=O) groups excluding carboxylic acids is 1. The molecule has 3 heterocycles. The third-order valence-corrected chi connectivity index (χ3v) is 5.30. The molecule has 10 nitrogen and oxygen atoms in total. The van der Waals surface area contributed by atoms with E-state index in [0.717, 1.165) is 5.56 Å². The highest BCUT2D eigenvalue weighted by atomic mass is 19.1. The van der Waals surface area contributed by atoms with Gasteiger partial charge in [-0.15, -0.1) is 0 Å². The van der Waals surface area contributed by atoms with E-state index >= 15 is 0 Å². The normalized spacial score (nSPS) is 13.5. The van der Waals surface area contributed by atoms with E-state index in [0.29, 0.717) is 61.6 Å². The second-order valence-corrected chi connectivity index (χ2v) is 7.38. The first kappa shape index (κ1) is 23.3. The van der Waals surface area contributed by atoms with Crippen LogP contribution in [0.2, 0.25) is 0 Å². The summed E-state index contributed by atoms with van der Waals surface area (Å²) >= 11 is 0. The quantitative estimate of drug-likeness (QED) is 0.495. The second-order valence-electron chi connectivity index (χ2n) is 7.38. The number of anilines is 2. The van der Waals surface area contributed by atoms with Gasteiger partial charge in [0.15, 0.2) is 5.76 Å². The summed E-state index contributed by atoms with van der Waals surface area (Å²) in [5.41, 5.74) is 0.732. The van der Waals surface area contributed by atoms with Gasteiger partial charge in [0.2, 0.25) is 11.9 Å². The van der Waals surface area contributed by atoms with Crippen molar-refractivity contribution in [2.75, 3.05) is 57.8 Å². The summed E-state index contributed by atoms with van der Waals surface area (Å²) in [6.45, 7) is 2.19. The van der Waals surface area contributed by atoms with Crippen molar-refractivity contribution in [1.29, 1.82) is 0 Å². The Morgan fingerprint density at radius 1 is 1.06 bits per heavy atom. The van der Waals surface area contributed by atoms with Crippen molar-refractivity contribution >= 4 is 17.7 Å². The number of rotatable bonds is 8. The number of nitrogens with zero attached hydrogens (tertiary/aromatic N) is 3. The first-order valence-corrected chi connectivity index (χ1v) is 10.6. The number of ether oxygens (including phenoxy) is 4. The maximum Gasteiger partial charge on any atom is 0.293 e. The monoisotopic (exact) mass is 472 g/mol. The van der Waals surface area contributed by atoms with Gasteiger partial charge in [-0.3, -0.25) is 10.1 Å². The third-order valence-electron chi connectivity index (χ3n) is 5.30. The van der Waals surface area contributed by atoms with Gasteiger partial charge in [-0.25, -0.2) is 0 Å². The molecule has 0 radical (unpaired) electrons. The van der Waals surface area contributed by atoms with E-state index in [2.05, 4.69) is 15.3 Å². The van der Waals surface area contributed by atoms with Crippen molar-refractivity contribution in [3.05, 3.63) is 53.4 Å². The number of morpholine rings is 1. The van der Waals surface area contributed by atoms with Crippen molar-refractivity contribution in [1.82, 2.24) is 9.97 Å². The molecular weight excluding hydrogens is 447 g/mol. The lowest BCUT2D eigenvalue weighted by Crippen LogP contribution is -2.37. The van der Waals surface area contributed by atoms with Gasteiger partial charge in [0, 0.05) is 43.3 Å². The number of carbonyl (C=O) groups is 1. The van der Waals surface area contributed by atoms with E-state index in [4.69, 9.17) is 23.4 Å². The minimum atomic E-state index is -0.745. The fourth-order valence-electron chi connectivity index (χ4n) is 3.60. The Morgan fingerprint density at radius 3 is 2.41 bits per heavy atom. The molecule has 1 aromatic carbocycles. The van der Waals surface area contributed by atoms with Crippen molar-refractivity contribution in [3.63, 3.8) is 0 Å². The minimum Gasteiger partial charge on any atom is -0.496 e. The smallest absolute Gasteiger partial charge is 0.293 e. The van der Waals surface area contributed by atoms with E-state index in [9.17, 15) is 9.18 Å². The lowest BCUT2D eigenvalue weighted by molar-refractivity contribution is 0.0994. The van der Waals surface area contributed by atoms with Gasteiger partial charge in [0.05, 0.1) is 34.5 Å². The molecule has 0 unspecified atom stereocenters. The number of amides is 1. The van der Waals surface area contributed by atoms with Crippen LogP contribution in [-0.4, -0.2) is 63.5 Å². The molecule has 2 aromatic heterocycles. The van der Waals surface area contributed by atoms with Gasteiger partial charge in [-0.1, -0.05) is 0 Å². The number of halogens is 1. The lowest BCUT2D eigenvalue weighted by atomic mass is 10.1. The third kappa shape index (κ3) is 5.20. The fraction of sp³-hybridized carbons (Fsp3) is 0.348. The minimum absolute atomic E-state index is 0.0298. The second kappa shape index (κ2) is 10.4. The van der Waals surface area contributed by atoms with Gasteiger partial charge >= 0.3 is 0 Å². The number of methoxy groups -OCH3 is 3. The van der Waals surface area contributed by atoms with E-state index in [1.54, 1.807) is 39.5 Å². The van der Waals surface area contributed by atoms with Crippen LogP contribution in [0.5, 0.6) is 17.2 Å². The molecule has 4 rings (SSSR count). The van der Waals surface area contributed by atoms with Crippen molar-refractivity contribution < 1.29 is 32.5 Å². The molecule has 0 spiro atoms. The number of furan rings is 1. The van der Waals surface area contributed by atoms with Crippen LogP contribution in [0, 0.1) is 5.95 Å². The Balaban J connectivity index is 1.50. The Kier molecular flexibility index (Phi) is 7.12. The van der Waals surface area contributed by atoms with Crippen LogP contribution in [-0.2, 0) is 11.2 Å². The van der Waals surface area contributed by atoms with Crippen LogP contribution < -0.4 is 24.4 Å². The average molecular weight is 472 g/mol. The van der Waals surface area contributed by atoms with Crippen LogP contribution in [0.25, 0.3) is 0 Å². The van der Waals surface area contributed by atoms with E-state index in [1.807, 2.05) is 4.90 Å². The zero-order valence-corrected chi connectivity index (χ0v) is 19.1. The fourth-order valence-corrected chi connectivity index (χ4v) is 3.60. The summed E-state index contributed by atoms with van der Waals surface area (Å²) < 4.78 is 41.3. The zero-order valence-electron chi connectivity index (χ0n) is 19.1. The molecule has 180 valence electrons. The number of aromatic nitrogens is 2. The Labute approximate surface area is 195 Å². The summed E-state index contributed by atoms with van der Waals surface area (Å²) in [5.74, 6) is 1.12. The zero-order chi connectivity index (χ0) is 24.1. The molecule has 0 atom stereocenters. The molecule has 1 saturated heterocycles. The Morgan fingerprint density at radius 2 is 1.76 bits per heavy atom. The highest BCUT2D eigenvalue weighted by Gasteiger charge is 2.20. The topological polar surface area (TPSA) is 108 Å². The first-order valence-electron chi connectivity index (χ1n) is 10.6. The number of nitrogens with one attached hydrogen (secondary N) is 1. The maximum absolute atomic E-state index is 14.1. The number of hydrogen-bond donors (Lipinski definition) is 1. The van der Waals surface area contributed by atoms with Crippen LogP contribution in [0.15, 0.2) is 34.7 Å². The lowest BCUT2D eigenvalue weighted by Gasteiger charge is -2.27. The van der Waals surface area contributed by atoms with Gasteiger partial charge in [-0.05, 0) is 12.1 Å². The number of hydrogen-bond acceptors (Lipinski definition) is 9. The Bertz CT molecular complexity index is 1140. The molecule has 0 saturated carbocycles. The highest BCUT2D eigenvalue weighted by molar-refractivity contribution is 6.01. The molecule has 0 aliphatic carbocycles. The van der Waals surface area contributed by atoms with Crippen LogP contribution in [0.4, 0.5) is 16.2 Å². The predicted octanol–water partition coefficient (Wildman–Crippen LogP) is 2.91. The molecular formula is C23H25FN4O6. The molecule has 1 aliphatic heterocycles. The van der Waals surface area contributed by atoms with Crippen molar-refractivity contribution in [3.8, 4) is 17.2 Å². The Hall–Kier alpha value is -3.86. The van der Waals surface area contributed by atoms with Crippen LogP contribution in [0.1, 0.15) is 21.9 Å². The summed E-state index contributed by atoms with van der Waals surface area (Å²) in [6, 6.07) is 7.89. The molecule has 3 aromatic rings. The number of benzene rings is 1. The average Bonchev–Trinajstić information content (AvgIpc) is 3.33. The van der Waals surface area contributed by atoms with E-state index < -0.39 is 11.9 Å².